The van der Waals surface area contributed by atoms with Gasteiger partial charge in [-0.25, -0.2) is 8.42 Å². The Morgan fingerprint density at radius 1 is 1.32 bits per heavy atom. The van der Waals surface area contributed by atoms with Crippen molar-refractivity contribution in [1.29, 1.82) is 0 Å². The lowest BCUT2D eigenvalue weighted by molar-refractivity contribution is 0.505. The van der Waals surface area contributed by atoms with Gasteiger partial charge in [-0.05, 0) is 37.1 Å². The number of benzene rings is 1. The van der Waals surface area contributed by atoms with Crippen molar-refractivity contribution < 1.29 is 8.42 Å². The van der Waals surface area contributed by atoms with Crippen LogP contribution >= 0.6 is 31.9 Å². The van der Waals surface area contributed by atoms with Crippen molar-refractivity contribution in [2.75, 3.05) is 18.6 Å². The van der Waals surface area contributed by atoms with Gasteiger partial charge in [-0.2, -0.15) is 0 Å². The molecule has 1 rings (SSSR count). The zero-order chi connectivity index (χ0) is 14.5. The van der Waals surface area contributed by atoms with E-state index in [0.29, 0.717) is 6.42 Å². The van der Waals surface area contributed by atoms with Gasteiger partial charge in [0.15, 0.2) is 0 Å². The predicted molar refractivity (Wildman–Crippen MR) is 87.2 cm³/mol. The minimum absolute atomic E-state index is 0.175. The van der Waals surface area contributed by atoms with E-state index in [2.05, 4.69) is 50.2 Å². The fraction of sp³-hybridized carbons (Fsp3) is 0.538. The zero-order valence-electron chi connectivity index (χ0n) is 11.1. The SMILES string of the molecule is CCNC(CCCS(C)(=O)=O)c1ccc(Br)cc1Br. The highest BCUT2D eigenvalue weighted by Gasteiger charge is 2.14. The third kappa shape index (κ3) is 6.38. The van der Waals surface area contributed by atoms with Crippen molar-refractivity contribution in [3.63, 3.8) is 0 Å². The second-order valence-corrected chi connectivity index (χ2v) is 8.58. The van der Waals surface area contributed by atoms with Crippen LogP contribution in [0.1, 0.15) is 31.4 Å². The van der Waals surface area contributed by atoms with Crippen molar-refractivity contribution in [3.8, 4) is 0 Å². The van der Waals surface area contributed by atoms with Crippen LogP contribution in [-0.2, 0) is 9.84 Å². The molecule has 0 aromatic heterocycles. The van der Waals surface area contributed by atoms with E-state index in [1.807, 2.05) is 12.1 Å². The van der Waals surface area contributed by atoms with Gasteiger partial charge in [-0.15, -0.1) is 0 Å². The summed E-state index contributed by atoms with van der Waals surface area (Å²) < 4.78 is 24.4. The van der Waals surface area contributed by atoms with Gasteiger partial charge in [-0.3, -0.25) is 0 Å². The van der Waals surface area contributed by atoms with Crippen LogP contribution < -0.4 is 5.32 Å². The molecule has 0 fully saturated rings. The topological polar surface area (TPSA) is 46.2 Å². The molecule has 1 atom stereocenters. The molecule has 0 aliphatic rings. The van der Waals surface area contributed by atoms with Crippen LogP contribution in [0.25, 0.3) is 0 Å². The molecule has 0 amide bonds. The zero-order valence-corrected chi connectivity index (χ0v) is 15.1. The lowest BCUT2D eigenvalue weighted by Crippen LogP contribution is -2.22. The van der Waals surface area contributed by atoms with Crippen LogP contribution in [0.2, 0.25) is 0 Å². The molecule has 0 bridgehead atoms. The van der Waals surface area contributed by atoms with Crippen molar-refractivity contribution in [2.24, 2.45) is 0 Å². The highest BCUT2D eigenvalue weighted by molar-refractivity contribution is 9.11. The van der Waals surface area contributed by atoms with E-state index in [1.54, 1.807) is 0 Å². The number of sulfone groups is 1. The van der Waals surface area contributed by atoms with Crippen molar-refractivity contribution in [3.05, 3.63) is 32.7 Å². The van der Waals surface area contributed by atoms with Crippen LogP contribution in [0.15, 0.2) is 27.1 Å². The van der Waals surface area contributed by atoms with E-state index < -0.39 is 9.84 Å². The Morgan fingerprint density at radius 3 is 2.53 bits per heavy atom. The maximum atomic E-state index is 11.2. The van der Waals surface area contributed by atoms with E-state index in [-0.39, 0.29) is 11.8 Å². The molecule has 0 saturated heterocycles. The molecule has 0 spiro atoms. The van der Waals surface area contributed by atoms with E-state index in [0.717, 1.165) is 21.9 Å². The summed E-state index contributed by atoms with van der Waals surface area (Å²) in [7, 11) is -2.88. The molecule has 1 aromatic carbocycles. The normalized spacial score (nSPS) is 13.5. The summed E-state index contributed by atoms with van der Waals surface area (Å²) in [5.74, 6) is 0.239. The molecule has 0 radical (unpaired) electrons. The van der Waals surface area contributed by atoms with Crippen molar-refractivity contribution in [2.45, 2.75) is 25.8 Å². The summed E-state index contributed by atoms with van der Waals surface area (Å²) >= 11 is 6.99. The van der Waals surface area contributed by atoms with Crippen LogP contribution in [0, 0.1) is 0 Å². The van der Waals surface area contributed by atoms with Gasteiger partial charge < -0.3 is 5.32 Å². The first-order valence-electron chi connectivity index (χ1n) is 6.19. The Hall–Kier alpha value is 0.0900. The third-order valence-corrected chi connectivity index (χ3v) is 5.01. The van der Waals surface area contributed by atoms with Gasteiger partial charge in [0.05, 0.1) is 0 Å². The molecule has 1 aromatic rings. The van der Waals surface area contributed by atoms with E-state index >= 15 is 0 Å². The smallest absolute Gasteiger partial charge is 0.147 e. The third-order valence-electron chi connectivity index (χ3n) is 2.80. The number of hydrogen-bond donors (Lipinski definition) is 1. The summed E-state index contributed by atoms with van der Waals surface area (Å²) in [6.45, 7) is 2.91. The van der Waals surface area contributed by atoms with Crippen molar-refractivity contribution >= 4 is 41.7 Å². The maximum Gasteiger partial charge on any atom is 0.147 e. The van der Waals surface area contributed by atoms with Gasteiger partial charge >= 0.3 is 0 Å². The molecule has 108 valence electrons. The molecule has 0 saturated carbocycles. The van der Waals surface area contributed by atoms with Gasteiger partial charge in [0.1, 0.15) is 9.84 Å². The predicted octanol–water partition coefficient (Wildman–Crippen LogP) is 3.69. The number of hydrogen-bond acceptors (Lipinski definition) is 3. The molecule has 3 nitrogen and oxygen atoms in total. The fourth-order valence-corrected chi connectivity index (χ4v) is 3.96. The lowest BCUT2D eigenvalue weighted by Gasteiger charge is -2.19. The summed E-state index contributed by atoms with van der Waals surface area (Å²) in [4.78, 5) is 0. The standard InChI is InChI=1S/C13H19Br2NO2S/c1-3-16-13(5-4-8-19(2,17)18)11-7-6-10(14)9-12(11)15/h6-7,9,13,16H,3-5,8H2,1-2H3. The van der Waals surface area contributed by atoms with E-state index in [1.165, 1.54) is 11.8 Å². The van der Waals surface area contributed by atoms with E-state index in [9.17, 15) is 8.42 Å². The number of halogens is 2. The van der Waals surface area contributed by atoms with Gasteiger partial charge in [0.25, 0.3) is 0 Å². The molecular formula is C13H19Br2NO2S. The van der Waals surface area contributed by atoms with Crippen LogP contribution in [0.4, 0.5) is 0 Å². The molecule has 1 N–H and O–H groups in total. The van der Waals surface area contributed by atoms with Gasteiger partial charge in [-0.1, -0.05) is 44.8 Å². The lowest BCUT2D eigenvalue weighted by atomic mass is 10.0. The molecule has 0 aliphatic heterocycles. The Labute approximate surface area is 132 Å². The molecule has 19 heavy (non-hydrogen) atoms. The summed E-state index contributed by atoms with van der Waals surface area (Å²) in [6.07, 6.45) is 2.75. The largest absolute Gasteiger partial charge is 0.310 e. The molecule has 1 unspecified atom stereocenters. The summed E-state index contributed by atoms with van der Waals surface area (Å²) in [5.41, 5.74) is 1.17. The average Bonchev–Trinajstić information content (AvgIpc) is 2.26. The number of nitrogens with one attached hydrogen (secondary N) is 1. The average molecular weight is 413 g/mol. The second-order valence-electron chi connectivity index (χ2n) is 4.55. The monoisotopic (exact) mass is 411 g/mol. The Balaban J connectivity index is 2.76. The maximum absolute atomic E-state index is 11.2. The number of rotatable bonds is 7. The van der Waals surface area contributed by atoms with Gasteiger partial charge in [0, 0.05) is 27.0 Å². The highest BCUT2D eigenvalue weighted by atomic mass is 79.9. The van der Waals surface area contributed by atoms with Crippen molar-refractivity contribution in [1.82, 2.24) is 5.32 Å². The molecule has 0 aliphatic carbocycles. The highest BCUT2D eigenvalue weighted by Crippen LogP contribution is 2.29. The van der Waals surface area contributed by atoms with E-state index in [4.69, 9.17) is 0 Å². The summed E-state index contributed by atoms with van der Waals surface area (Å²) in [6, 6.07) is 6.24. The minimum Gasteiger partial charge on any atom is -0.310 e. The minimum atomic E-state index is -2.88. The molecular weight excluding hydrogens is 394 g/mol. The first kappa shape index (κ1) is 17.1. The quantitative estimate of drug-likeness (QED) is 0.742. The fourth-order valence-electron chi connectivity index (χ4n) is 1.95. The Bertz CT molecular complexity index is 517. The van der Waals surface area contributed by atoms with Crippen LogP contribution in [0.5, 0.6) is 0 Å². The van der Waals surface area contributed by atoms with Crippen LogP contribution in [0.3, 0.4) is 0 Å². The van der Waals surface area contributed by atoms with Crippen LogP contribution in [-0.4, -0.2) is 27.0 Å². The molecule has 0 heterocycles. The molecule has 6 heteroatoms. The Morgan fingerprint density at radius 2 is 2.00 bits per heavy atom. The summed E-state index contributed by atoms with van der Waals surface area (Å²) in [5, 5.41) is 3.41. The first-order valence-corrected chi connectivity index (χ1v) is 9.84. The second kappa shape index (κ2) is 7.76. The first-order chi connectivity index (χ1) is 8.83. The Kier molecular flexibility index (Phi) is 7.00. The van der Waals surface area contributed by atoms with Gasteiger partial charge in [0.2, 0.25) is 0 Å².